The molecule has 24 heavy (non-hydrogen) atoms. The Balaban J connectivity index is 0.00000264. The van der Waals surface area contributed by atoms with Crippen LogP contribution in [0.3, 0.4) is 0 Å². The Morgan fingerprint density at radius 1 is 1.33 bits per heavy atom. The van der Waals surface area contributed by atoms with Gasteiger partial charge in [-0.25, -0.2) is 0 Å². The van der Waals surface area contributed by atoms with Gasteiger partial charge in [-0.15, -0.1) is 31.4 Å². The van der Waals surface area contributed by atoms with Crippen molar-refractivity contribution < 1.29 is 15.1 Å². The number of piperazine rings is 1. The van der Waals surface area contributed by atoms with Gasteiger partial charge in [0.25, 0.3) is 0 Å². The van der Waals surface area contributed by atoms with E-state index in [1.54, 1.807) is 0 Å². The van der Waals surface area contributed by atoms with Crippen molar-refractivity contribution in [2.45, 2.75) is 18.9 Å². The number of hydrogen-bond donors (Lipinski definition) is 3. The van der Waals surface area contributed by atoms with E-state index in [1.165, 1.54) is 12.1 Å². The minimum atomic E-state index is -0.684. The van der Waals surface area contributed by atoms with Gasteiger partial charge < -0.3 is 15.5 Å². The second kappa shape index (κ2) is 10.4. The highest BCUT2D eigenvalue weighted by molar-refractivity contribution is 5.85. The molecule has 0 amide bonds. The van der Waals surface area contributed by atoms with Crippen molar-refractivity contribution in [2.75, 3.05) is 26.2 Å². The number of phenols is 2. The van der Waals surface area contributed by atoms with Crippen LogP contribution in [0.15, 0.2) is 24.8 Å². The maximum atomic E-state index is 11.0. The summed E-state index contributed by atoms with van der Waals surface area (Å²) in [5, 5.41) is 33.7. The maximum Gasteiger partial charge on any atom is 0.314 e. The lowest BCUT2D eigenvalue weighted by Gasteiger charge is -2.35. The van der Waals surface area contributed by atoms with Gasteiger partial charge in [-0.2, -0.15) is 0 Å². The Morgan fingerprint density at radius 2 is 1.96 bits per heavy atom. The van der Waals surface area contributed by atoms with Crippen molar-refractivity contribution in [1.29, 1.82) is 0 Å². The van der Waals surface area contributed by atoms with Crippen LogP contribution < -0.4 is 5.32 Å². The number of nitrogens with one attached hydrogen (secondary N) is 1. The van der Waals surface area contributed by atoms with Crippen LogP contribution in [-0.4, -0.2) is 46.2 Å². The van der Waals surface area contributed by atoms with Crippen molar-refractivity contribution in [3.8, 4) is 11.5 Å². The molecule has 0 spiro atoms. The number of nitro benzene ring substituents is 1. The highest BCUT2D eigenvalue weighted by Crippen LogP contribution is 2.40. The van der Waals surface area contributed by atoms with Gasteiger partial charge in [-0.05, 0) is 24.5 Å². The number of nitrogens with zero attached hydrogens (tertiary/aromatic N) is 2. The summed E-state index contributed by atoms with van der Waals surface area (Å²) in [6.45, 7) is 7.10. The Labute approximate surface area is 153 Å². The summed E-state index contributed by atoms with van der Waals surface area (Å²) in [6, 6.07) is 2.72. The molecule has 1 aliphatic rings. The third kappa shape index (κ3) is 5.24. The van der Waals surface area contributed by atoms with E-state index in [0.717, 1.165) is 39.0 Å². The topological polar surface area (TPSA) is 98.9 Å². The van der Waals surface area contributed by atoms with Gasteiger partial charge in [0.2, 0.25) is 5.75 Å². The number of allylic oxidation sites excluding steroid dienone is 1. The van der Waals surface area contributed by atoms with E-state index in [2.05, 4.69) is 16.8 Å². The average molecular weight is 380 g/mol. The summed E-state index contributed by atoms with van der Waals surface area (Å²) in [5.74, 6) is -1.14. The maximum absolute atomic E-state index is 11.0. The molecule has 3 N–H and O–H groups in total. The number of hydrogen-bond acceptors (Lipinski definition) is 6. The molecule has 0 unspecified atom stereocenters. The standard InChI is InChI=1S/C15H21N3O4.2ClH/c1-2-3-4-12(17-7-5-16-6-8-17)11-9-13(18(21)22)15(20)14(19)10-11;;/h2,9-10,12,16,19-20H,1,3-8H2;2*1H/t12-;;/m1../s1. The lowest BCUT2D eigenvalue weighted by molar-refractivity contribution is -0.386. The predicted molar refractivity (Wildman–Crippen MR) is 97.5 cm³/mol. The number of rotatable bonds is 6. The summed E-state index contributed by atoms with van der Waals surface area (Å²) in [6.07, 6.45) is 3.33. The van der Waals surface area contributed by atoms with Crippen LogP contribution in [-0.2, 0) is 0 Å². The molecular weight excluding hydrogens is 357 g/mol. The van der Waals surface area contributed by atoms with Crippen LogP contribution >= 0.6 is 24.8 Å². The van der Waals surface area contributed by atoms with Gasteiger partial charge in [0.05, 0.1) is 4.92 Å². The minimum absolute atomic E-state index is 0. The van der Waals surface area contributed by atoms with E-state index >= 15 is 0 Å². The largest absolute Gasteiger partial charge is 0.504 e. The molecular formula is C15H23Cl2N3O4. The second-order valence-corrected chi connectivity index (χ2v) is 5.33. The van der Waals surface area contributed by atoms with E-state index in [-0.39, 0.29) is 30.9 Å². The van der Waals surface area contributed by atoms with Crippen molar-refractivity contribution in [3.05, 3.63) is 40.5 Å². The molecule has 1 aromatic rings. The molecule has 7 nitrogen and oxygen atoms in total. The molecule has 2 rings (SSSR count). The molecule has 1 heterocycles. The summed E-state index contributed by atoms with van der Waals surface area (Å²) >= 11 is 0. The summed E-state index contributed by atoms with van der Waals surface area (Å²) in [4.78, 5) is 12.6. The lowest BCUT2D eigenvalue weighted by atomic mass is 9.98. The van der Waals surface area contributed by atoms with Gasteiger partial charge in [-0.1, -0.05) is 6.08 Å². The smallest absolute Gasteiger partial charge is 0.314 e. The Hall–Kier alpha value is -1.54. The Kier molecular flexibility index (Phi) is 9.69. The number of nitro groups is 1. The first-order valence-electron chi connectivity index (χ1n) is 7.30. The monoisotopic (exact) mass is 379 g/mol. The van der Waals surface area contributed by atoms with Gasteiger partial charge in [0.1, 0.15) is 0 Å². The third-order valence-corrected chi connectivity index (χ3v) is 3.91. The Morgan fingerprint density at radius 3 is 2.50 bits per heavy atom. The summed E-state index contributed by atoms with van der Waals surface area (Å²) in [5.41, 5.74) is 0.180. The highest BCUT2D eigenvalue weighted by Gasteiger charge is 2.26. The molecule has 0 saturated carbocycles. The fourth-order valence-corrected chi connectivity index (χ4v) is 2.79. The van der Waals surface area contributed by atoms with Gasteiger partial charge >= 0.3 is 5.69 Å². The molecule has 9 heteroatoms. The van der Waals surface area contributed by atoms with E-state index in [1.807, 2.05) is 6.08 Å². The molecule has 136 valence electrons. The Bertz CT molecular complexity index is 566. The molecule has 0 bridgehead atoms. The summed E-state index contributed by atoms with van der Waals surface area (Å²) in [7, 11) is 0. The first kappa shape index (κ1) is 22.5. The highest BCUT2D eigenvalue weighted by atomic mass is 35.5. The van der Waals surface area contributed by atoms with E-state index in [9.17, 15) is 20.3 Å². The van der Waals surface area contributed by atoms with Crippen LogP contribution in [0.4, 0.5) is 5.69 Å². The first-order chi connectivity index (χ1) is 10.5. The number of halogens is 2. The quantitative estimate of drug-likeness (QED) is 0.304. The average Bonchev–Trinajstić information content (AvgIpc) is 2.51. The van der Waals surface area contributed by atoms with Gasteiger partial charge in [0, 0.05) is 38.3 Å². The molecule has 1 saturated heterocycles. The van der Waals surface area contributed by atoms with Crippen LogP contribution in [0.1, 0.15) is 24.4 Å². The molecule has 1 aliphatic heterocycles. The number of phenolic OH excluding ortho intramolecular Hbond substituents is 2. The minimum Gasteiger partial charge on any atom is -0.504 e. The fourth-order valence-electron chi connectivity index (χ4n) is 2.79. The van der Waals surface area contributed by atoms with Crippen LogP contribution in [0.2, 0.25) is 0 Å². The number of aromatic hydroxyl groups is 2. The van der Waals surface area contributed by atoms with Crippen molar-refractivity contribution in [1.82, 2.24) is 10.2 Å². The van der Waals surface area contributed by atoms with Gasteiger partial charge in [0.15, 0.2) is 5.75 Å². The van der Waals surface area contributed by atoms with Crippen LogP contribution in [0.5, 0.6) is 11.5 Å². The number of benzene rings is 1. The molecule has 0 aromatic heterocycles. The zero-order chi connectivity index (χ0) is 16.1. The molecule has 1 atom stereocenters. The zero-order valence-corrected chi connectivity index (χ0v) is 14.8. The first-order valence-corrected chi connectivity index (χ1v) is 7.30. The van der Waals surface area contributed by atoms with Crippen molar-refractivity contribution in [3.63, 3.8) is 0 Å². The lowest BCUT2D eigenvalue weighted by Crippen LogP contribution is -2.45. The van der Waals surface area contributed by atoms with Crippen molar-refractivity contribution in [2.24, 2.45) is 0 Å². The second-order valence-electron chi connectivity index (χ2n) is 5.33. The molecule has 0 aliphatic carbocycles. The fraction of sp³-hybridized carbons (Fsp3) is 0.467. The zero-order valence-electron chi connectivity index (χ0n) is 13.2. The van der Waals surface area contributed by atoms with Gasteiger partial charge in [-0.3, -0.25) is 15.0 Å². The van der Waals surface area contributed by atoms with Crippen molar-refractivity contribution >= 4 is 30.5 Å². The van der Waals surface area contributed by atoms with E-state index < -0.39 is 22.1 Å². The normalized spacial score (nSPS) is 15.7. The molecule has 1 fully saturated rings. The van der Waals surface area contributed by atoms with E-state index in [0.29, 0.717) is 5.56 Å². The molecule has 0 radical (unpaired) electrons. The molecule has 1 aromatic carbocycles. The SMILES string of the molecule is C=CCC[C@H](c1cc(O)c(O)c([N+](=O)[O-])c1)N1CCNCC1.Cl.Cl. The third-order valence-electron chi connectivity index (χ3n) is 3.91. The predicted octanol–water partition coefficient (Wildman–Crippen LogP) is 2.76. The van der Waals surface area contributed by atoms with Crippen LogP contribution in [0, 0.1) is 10.1 Å². The van der Waals surface area contributed by atoms with E-state index in [4.69, 9.17) is 0 Å². The summed E-state index contributed by atoms with van der Waals surface area (Å²) < 4.78 is 0. The van der Waals surface area contributed by atoms with Crippen LogP contribution in [0.25, 0.3) is 0 Å².